The van der Waals surface area contributed by atoms with Crippen molar-refractivity contribution >= 4 is 38.2 Å². The smallest absolute Gasteiger partial charge is 0.261 e. The van der Waals surface area contributed by atoms with Gasteiger partial charge >= 0.3 is 0 Å². The average molecular weight is 384 g/mol. The summed E-state index contributed by atoms with van der Waals surface area (Å²) in [5.41, 5.74) is 0.668. The minimum atomic E-state index is -0.139. The fraction of sp³-hybridized carbons (Fsp3) is 0.429. The van der Waals surface area contributed by atoms with Gasteiger partial charge < -0.3 is 15.2 Å². The molecular formula is C21H25N3O2S. The second-order valence-electron chi connectivity index (χ2n) is 7.22. The zero-order valence-corrected chi connectivity index (χ0v) is 16.2. The fourth-order valence-corrected chi connectivity index (χ4v) is 4.91. The van der Waals surface area contributed by atoms with E-state index in [0.717, 1.165) is 28.6 Å². The van der Waals surface area contributed by atoms with E-state index in [1.807, 2.05) is 24.3 Å². The Balaban J connectivity index is 1.41. The number of nitrogens with zero attached hydrogens (tertiary/aromatic N) is 1. The van der Waals surface area contributed by atoms with E-state index in [-0.39, 0.29) is 11.5 Å². The molecule has 5 nitrogen and oxygen atoms in total. The SMILES string of the molecule is O=C(NCCCN1CCCCCC1)c1cc2c(=O)[nH]c3ccccc3c2s1. The highest BCUT2D eigenvalue weighted by Crippen LogP contribution is 2.29. The monoisotopic (exact) mass is 383 g/mol. The summed E-state index contributed by atoms with van der Waals surface area (Å²) in [4.78, 5) is 30.8. The number of rotatable bonds is 5. The van der Waals surface area contributed by atoms with Gasteiger partial charge in [0.25, 0.3) is 11.5 Å². The van der Waals surface area contributed by atoms with Crippen molar-refractivity contribution in [3.8, 4) is 0 Å². The topological polar surface area (TPSA) is 65.2 Å². The first-order valence-corrected chi connectivity index (χ1v) is 10.6. The number of H-pyrrole nitrogens is 1. The van der Waals surface area contributed by atoms with Gasteiger partial charge in [-0.2, -0.15) is 0 Å². The second-order valence-corrected chi connectivity index (χ2v) is 8.27. The van der Waals surface area contributed by atoms with Crippen LogP contribution < -0.4 is 10.9 Å². The molecule has 2 aromatic heterocycles. The third kappa shape index (κ3) is 4.06. The van der Waals surface area contributed by atoms with Crippen molar-refractivity contribution in [2.45, 2.75) is 32.1 Å². The van der Waals surface area contributed by atoms with Crippen molar-refractivity contribution in [3.05, 3.63) is 45.6 Å². The number of nitrogens with one attached hydrogen (secondary N) is 2. The lowest BCUT2D eigenvalue weighted by molar-refractivity contribution is 0.0956. The van der Waals surface area contributed by atoms with E-state index in [9.17, 15) is 9.59 Å². The number of benzene rings is 1. The van der Waals surface area contributed by atoms with Gasteiger partial charge in [-0.05, 0) is 51.0 Å². The van der Waals surface area contributed by atoms with E-state index in [0.29, 0.717) is 16.8 Å². The molecule has 1 amide bonds. The molecule has 27 heavy (non-hydrogen) atoms. The molecule has 0 spiro atoms. The van der Waals surface area contributed by atoms with E-state index in [1.165, 1.54) is 50.1 Å². The molecule has 1 aliphatic heterocycles. The zero-order chi connectivity index (χ0) is 18.6. The van der Waals surface area contributed by atoms with E-state index < -0.39 is 0 Å². The van der Waals surface area contributed by atoms with Crippen LogP contribution in [0.25, 0.3) is 21.0 Å². The molecule has 142 valence electrons. The molecule has 1 aliphatic rings. The average Bonchev–Trinajstić information content (AvgIpc) is 2.98. The number of para-hydroxylation sites is 1. The number of carbonyl (C=O) groups excluding carboxylic acids is 1. The summed E-state index contributed by atoms with van der Waals surface area (Å²) in [6.07, 6.45) is 6.22. The first-order valence-electron chi connectivity index (χ1n) is 9.77. The van der Waals surface area contributed by atoms with Gasteiger partial charge in [-0.25, -0.2) is 0 Å². The third-order valence-electron chi connectivity index (χ3n) is 5.26. The number of hydrogen-bond acceptors (Lipinski definition) is 4. The number of aromatic amines is 1. The molecule has 0 aliphatic carbocycles. The van der Waals surface area contributed by atoms with Crippen LogP contribution in [0.1, 0.15) is 41.8 Å². The highest BCUT2D eigenvalue weighted by Gasteiger charge is 2.15. The molecule has 0 radical (unpaired) electrons. The van der Waals surface area contributed by atoms with Crippen LogP contribution in [0.3, 0.4) is 0 Å². The molecule has 1 fully saturated rings. The maximum atomic E-state index is 12.5. The third-order valence-corrected chi connectivity index (χ3v) is 6.42. The Labute approximate surface area is 162 Å². The summed E-state index contributed by atoms with van der Waals surface area (Å²) in [6, 6.07) is 9.43. The number of thiophene rings is 1. The zero-order valence-electron chi connectivity index (χ0n) is 15.4. The Morgan fingerprint density at radius 2 is 1.89 bits per heavy atom. The van der Waals surface area contributed by atoms with Gasteiger partial charge in [0.1, 0.15) is 0 Å². The Hall–Kier alpha value is -2.18. The van der Waals surface area contributed by atoms with Crippen molar-refractivity contribution in [1.29, 1.82) is 0 Å². The lowest BCUT2D eigenvalue weighted by Gasteiger charge is -2.19. The highest BCUT2D eigenvalue weighted by molar-refractivity contribution is 7.21. The maximum absolute atomic E-state index is 12.5. The van der Waals surface area contributed by atoms with Gasteiger partial charge in [0.2, 0.25) is 0 Å². The Morgan fingerprint density at radius 3 is 2.70 bits per heavy atom. The molecule has 3 aromatic rings. The van der Waals surface area contributed by atoms with Crippen LogP contribution >= 0.6 is 11.3 Å². The van der Waals surface area contributed by atoms with Crippen LogP contribution in [0.5, 0.6) is 0 Å². The molecule has 4 rings (SSSR count). The van der Waals surface area contributed by atoms with Gasteiger partial charge in [-0.1, -0.05) is 31.0 Å². The Morgan fingerprint density at radius 1 is 1.11 bits per heavy atom. The molecule has 2 N–H and O–H groups in total. The molecular weight excluding hydrogens is 358 g/mol. The largest absolute Gasteiger partial charge is 0.351 e. The predicted molar refractivity (Wildman–Crippen MR) is 112 cm³/mol. The van der Waals surface area contributed by atoms with Crippen molar-refractivity contribution in [2.24, 2.45) is 0 Å². The minimum Gasteiger partial charge on any atom is -0.351 e. The van der Waals surface area contributed by atoms with E-state index in [4.69, 9.17) is 0 Å². The van der Waals surface area contributed by atoms with E-state index >= 15 is 0 Å². The number of aromatic nitrogens is 1. The van der Waals surface area contributed by atoms with Gasteiger partial charge in [0.05, 0.1) is 10.3 Å². The molecule has 3 heterocycles. The summed E-state index contributed by atoms with van der Waals surface area (Å²) >= 11 is 1.40. The summed E-state index contributed by atoms with van der Waals surface area (Å²) < 4.78 is 0.879. The van der Waals surface area contributed by atoms with Gasteiger partial charge in [0, 0.05) is 22.1 Å². The van der Waals surface area contributed by atoms with Crippen LogP contribution in [0, 0.1) is 0 Å². The van der Waals surface area contributed by atoms with Crippen LogP contribution in [0.4, 0.5) is 0 Å². The molecule has 1 aromatic carbocycles. The highest BCUT2D eigenvalue weighted by atomic mass is 32.1. The van der Waals surface area contributed by atoms with E-state index in [2.05, 4.69) is 15.2 Å². The first-order chi connectivity index (χ1) is 13.2. The summed E-state index contributed by atoms with van der Waals surface area (Å²) in [7, 11) is 0. The molecule has 6 heteroatoms. The first kappa shape index (κ1) is 18.2. The molecule has 0 atom stereocenters. The van der Waals surface area contributed by atoms with Gasteiger partial charge in [0.15, 0.2) is 0 Å². The van der Waals surface area contributed by atoms with Crippen molar-refractivity contribution in [3.63, 3.8) is 0 Å². The molecule has 0 saturated carbocycles. The Kier molecular flexibility index (Phi) is 5.55. The fourth-order valence-electron chi connectivity index (χ4n) is 3.80. The quantitative estimate of drug-likeness (QED) is 0.660. The van der Waals surface area contributed by atoms with Crippen LogP contribution in [0.15, 0.2) is 35.1 Å². The van der Waals surface area contributed by atoms with Crippen molar-refractivity contribution in [1.82, 2.24) is 15.2 Å². The maximum Gasteiger partial charge on any atom is 0.261 e. The summed E-state index contributed by atoms with van der Waals surface area (Å²) in [6.45, 7) is 4.07. The molecule has 1 saturated heterocycles. The Bertz CT molecular complexity index is 999. The van der Waals surface area contributed by atoms with Crippen LogP contribution in [-0.4, -0.2) is 42.0 Å². The standard InChI is InChI=1S/C21H25N3O2S/c25-20-16-14-18(27-19(16)15-8-3-4-9-17(15)23-20)21(26)22-10-7-13-24-11-5-1-2-6-12-24/h3-4,8-9,14H,1-2,5-7,10-13H2,(H,22,26)(H,23,25). The normalized spacial score (nSPS) is 15.9. The molecule has 0 unspecified atom stereocenters. The number of amides is 1. The predicted octanol–water partition coefficient (Wildman–Crippen LogP) is 3.74. The van der Waals surface area contributed by atoms with Crippen LogP contribution in [-0.2, 0) is 0 Å². The van der Waals surface area contributed by atoms with Gasteiger partial charge in [-0.15, -0.1) is 11.3 Å². The van der Waals surface area contributed by atoms with Crippen molar-refractivity contribution < 1.29 is 4.79 Å². The van der Waals surface area contributed by atoms with Gasteiger partial charge in [-0.3, -0.25) is 9.59 Å². The second kappa shape index (κ2) is 8.23. The number of carbonyl (C=O) groups is 1. The summed E-state index contributed by atoms with van der Waals surface area (Å²) in [5, 5.41) is 4.59. The van der Waals surface area contributed by atoms with Crippen LogP contribution in [0.2, 0.25) is 0 Å². The number of fused-ring (bicyclic) bond motifs is 3. The minimum absolute atomic E-state index is 0.0875. The number of pyridine rings is 1. The van der Waals surface area contributed by atoms with E-state index in [1.54, 1.807) is 6.07 Å². The lowest BCUT2D eigenvalue weighted by Crippen LogP contribution is -2.30. The van der Waals surface area contributed by atoms with Crippen molar-refractivity contribution in [2.75, 3.05) is 26.2 Å². The number of hydrogen-bond donors (Lipinski definition) is 2. The number of likely N-dealkylation sites (tertiary alicyclic amines) is 1. The lowest BCUT2D eigenvalue weighted by atomic mass is 10.2. The molecule has 0 bridgehead atoms. The summed E-state index contributed by atoms with van der Waals surface area (Å²) in [5.74, 6) is -0.0875.